The van der Waals surface area contributed by atoms with Crippen molar-refractivity contribution in [2.75, 3.05) is 12.8 Å². The van der Waals surface area contributed by atoms with Gasteiger partial charge in [0, 0.05) is 23.1 Å². The summed E-state index contributed by atoms with van der Waals surface area (Å²) < 4.78 is 16.1. The predicted molar refractivity (Wildman–Crippen MR) is 68.9 cm³/mol. The molecule has 0 fully saturated rings. The van der Waals surface area contributed by atoms with Crippen LogP contribution >= 0.6 is 23.5 Å². The Morgan fingerprint density at radius 1 is 1.44 bits per heavy atom. The number of nitro groups is 1. The van der Waals surface area contributed by atoms with Crippen LogP contribution in [0, 0.1) is 10.1 Å². The van der Waals surface area contributed by atoms with Gasteiger partial charge in [0.1, 0.15) is 7.60 Å². The van der Waals surface area contributed by atoms with Crippen molar-refractivity contribution in [1.29, 1.82) is 0 Å². The zero-order valence-electron chi connectivity index (χ0n) is 9.61. The first-order valence-electron chi connectivity index (χ1n) is 5.18. The number of halogens is 1. The monoisotopic (exact) mass is 336 g/mol. The second kappa shape index (κ2) is 6.43. The summed E-state index contributed by atoms with van der Waals surface area (Å²) in [5.41, 5.74) is 0.616. The van der Waals surface area contributed by atoms with E-state index in [-0.39, 0.29) is 18.5 Å². The Labute approximate surface area is 113 Å². The van der Waals surface area contributed by atoms with Crippen LogP contribution in [0.2, 0.25) is 0 Å². The summed E-state index contributed by atoms with van der Waals surface area (Å²) in [6.07, 6.45) is -0.196. The van der Waals surface area contributed by atoms with E-state index in [4.69, 9.17) is 0 Å². The third-order valence-electron chi connectivity index (χ3n) is 2.18. The zero-order chi connectivity index (χ0) is 13.8. The lowest BCUT2D eigenvalue weighted by molar-refractivity contribution is -0.384. The molecule has 0 aliphatic heterocycles. The summed E-state index contributed by atoms with van der Waals surface area (Å²) >= 11 is 3.23. The number of benzene rings is 1. The molecule has 2 atom stereocenters. The highest BCUT2D eigenvalue weighted by atomic mass is 79.9. The lowest BCUT2D eigenvalue weighted by Crippen LogP contribution is -2.11. The van der Waals surface area contributed by atoms with Gasteiger partial charge in [-0.3, -0.25) is 10.1 Å². The molecule has 0 spiro atoms. The van der Waals surface area contributed by atoms with E-state index in [2.05, 4.69) is 20.5 Å². The van der Waals surface area contributed by atoms with Gasteiger partial charge in [0.15, 0.2) is 0 Å². The van der Waals surface area contributed by atoms with E-state index in [1.165, 1.54) is 24.3 Å². The van der Waals surface area contributed by atoms with E-state index in [0.717, 1.165) is 0 Å². The molecule has 18 heavy (non-hydrogen) atoms. The average molecular weight is 337 g/mol. The molecule has 100 valence electrons. The normalized spacial score (nSPS) is 15.9. The number of rotatable bonds is 6. The number of hydrogen-bond donors (Lipinski definition) is 0. The average Bonchev–Trinajstić information content (AvgIpc) is 2.28. The Hall–Kier alpha value is -0.750. The minimum atomic E-state index is -3.88. The zero-order valence-corrected chi connectivity index (χ0v) is 12.1. The van der Waals surface area contributed by atoms with Crippen molar-refractivity contribution in [3.63, 3.8) is 0 Å². The molecule has 0 aliphatic rings. The van der Waals surface area contributed by atoms with Gasteiger partial charge in [-0.2, -0.15) is 0 Å². The first-order valence-corrected chi connectivity index (χ1v) is 7.83. The van der Waals surface area contributed by atoms with E-state index >= 15 is 0 Å². The maximum absolute atomic E-state index is 11.5. The van der Waals surface area contributed by atoms with Gasteiger partial charge < -0.3 is 14.0 Å². The summed E-state index contributed by atoms with van der Waals surface area (Å²) in [6, 6.07) is 5.70. The summed E-state index contributed by atoms with van der Waals surface area (Å²) in [5.74, 6) is 0. The van der Waals surface area contributed by atoms with Gasteiger partial charge in [-0.05, 0) is 12.5 Å². The number of non-ortho nitro benzene ring substituents is 1. The van der Waals surface area contributed by atoms with Crippen LogP contribution in [-0.4, -0.2) is 17.7 Å². The number of nitrogens with zero attached hydrogens (tertiary/aromatic N) is 1. The van der Waals surface area contributed by atoms with E-state index in [0.29, 0.717) is 5.56 Å². The van der Waals surface area contributed by atoms with Gasteiger partial charge in [-0.15, -0.1) is 0 Å². The van der Waals surface area contributed by atoms with Gasteiger partial charge in [-0.25, -0.2) is 0 Å². The molecule has 0 saturated carbocycles. The molecule has 0 saturated heterocycles. The molecule has 0 radical (unpaired) electrons. The van der Waals surface area contributed by atoms with Crippen molar-refractivity contribution in [2.45, 2.75) is 11.8 Å². The van der Waals surface area contributed by atoms with Gasteiger partial charge in [0.05, 0.1) is 11.5 Å². The maximum atomic E-state index is 11.5. The first kappa shape index (κ1) is 15.3. The summed E-state index contributed by atoms with van der Waals surface area (Å²) in [5, 5.41) is 10.5. The van der Waals surface area contributed by atoms with Crippen LogP contribution in [-0.2, 0) is 9.09 Å². The molecular formula is C10H12BrNO5P-. The van der Waals surface area contributed by atoms with Crippen LogP contribution in [0.1, 0.15) is 17.3 Å². The van der Waals surface area contributed by atoms with E-state index in [1.807, 2.05) is 0 Å². The van der Waals surface area contributed by atoms with Crippen molar-refractivity contribution in [3.8, 4) is 0 Å². The van der Waals surface area contributed by atoms with E-state index in [9.17, 15) is 19.6 Å². The number of alkyl halides is 1. The van der Waals surface area contributed by atoms with Gasteiger partial charge in [0.2, 0.25) is 0 Å². The molecule has 1 rings (SSSR count). The Balaban J connectivity index is 2.75. The van der Waals surface area contributed by atoms with Crippen molar-refractivity contribution in [1.82, 2.24) is 0 Å². The molecule has 1 aromatic carbocycles. The molecule has 8 heteroatoms. The molecule has 0 aromatic heterocycles. The topological polar surface area (TPSA) is 92.5 Å². The quantitative estimate of drug-likeness (QED) is 0.344. The van der Waals surface area contributed by atoms with Crippen LogP contribution in [0.4, 0.5) is 5.69 Å². The Kier molecular flexibility index (Phi) is 5.47. The molecule has 0 amide bonds. The van der Waals surface area contributed by atoms with E-state index in [1.54, 1.807) is 6.92 Å². The molecule has 0 bridgehead atoms. The van der Waals surface area contributed by atoms with Crippen molar-refractivity contribution < 1.29 is 18.9 Å². The smallest absolute Gasteiger partial charge is 0.269 e. The molecule has 2 unspecified atom stereocenters. The largest absolute Gasteiger partial charge is 0.778 e. The number of nitro benzene ring substituents is 1. The van der Waals surface area contributed by atoms with Gasteiger partial charge in [-0.1, -0.05) is 28.1 Å². The Morgan fingerprint density at radius 2 is 2.00 bits per heavy atom. The van der Waals surface area contributed by atoms with Gasteiger partial charge in [0.25, 0.3) is 5.69 Å². The Bertz CT molecular complexity index is 464. The fourth-order valence-electron chi connectivity index (χ4n) is 1.36. The molecule has 0 N–H and O–H groups in total. The van der Waals surface area contributed by atoms with Crippen molar-refractivity contribution in [2.24, 2.45) is 0 Å². The Morgan fingerprint density at radius 3 is 2.44 bits per heavy atom. The summed E-state index contributed by atoms with van der Waals surface area (Å²) in [7, 11) is -3.88. The second-order valence-electron chi connectivity index (χ2n) is 3.53. The number of hydrogen-bond acceptors (Lipinski definition) is 5. The lowest BCUT2D eigenvalue weighted by Gasteiger charge is -2.25. The highest BCUT2D eigenvalue weighted by Gasteiger charge is 2.17. The molecule has 0 heterocycles. The molecule has 1 aromatic rings. The SMILES string of the molecule is CCOP(=O)([O-])CC(Br)c1ccc([N+](=O)[O-])cc1. The van der Waals surface area contributed by atoms with Crippen molar-refractivity contribution in [3.05, 3.63) is 39.9 Å². The standard InChI is InChI=1S/C10H13BrNO5P/c1-2-17-18(15,16)7-10(11)8-3-5-9(6-4-8)12(13)14/h3-6,10H,2,7H2,1H3,(H,15,16)/p-1. The molecular weight excluding hydrogens is 325 g/mol. The third kappa shape index (κ3) is 4.49. The van der Waals surface area contributed by atoms with Crippen LogP contribution < -0.4 is 4.89 Å². The second-order valence-corrected chi connectivity index (χ2v) is 6.48. The molecule has 0 aliphatic carbocycles. The highest BCUT2D eigenvalue weighted by molar-refractivity contribution is 9.09. The highest BCUT2D eigenvalue weighted by Crippen LogP contribution is 2.43. The lowest BCUT2D eigenvalue weighted by atomic mass is 10.1. The van der Waals surface area contributed by atoms with Crippen LogP contribution in [0.3, 0.4) is 0 Å². The summed E-state index contributed by atoms with van der Waals surface area (Å²) in [4.78, 5) is 21.0. The van der Waals surface area contributed by atoms with Crippen LogP contribution in [0.15, 0.2) is 24.3 Å². The molecule has 6 nitrogen and oxygen atoms in total. The minimum absolute atomic E-state index is 0.0337. The van der Waals surface area contributed by atoms with Gasteiger partial charge >= 0.3 is 0 Å². The maximum Gasteiger partial charge on any atom is 0.269 e. The van der Waals surface area contributed by atoms with Crippen LogP contribution in [0.25, 0.3) is 0 Å². The van der Waals surface area contributed by atoms with E-state index < -0.39 is 17.3 Å². The predicted octanol–water partition coefficient (Wildman–Crippen LogP) is 2.62. The summed E-state index contributed by atoms with van der Waals surface area (Å²) in [6.45, 7) is 1.69. The third-order valence-corrected chi connectivity index (χ3v) is 4.99. The fourth-order valence-corrected chi connectivity index (χ4v) is 3.83. The van der Waals surface area contributed by atoms with Crippen molar-refractivity contribution >= 4 is 29.2 Å². The fraction of sp³-hybridized carbons (Fsp3) is 0.400. The van der Waals surface area contributed by atoms with Crippen LogP contribution in [0.5, 0.6) is 0 Å². The first-order chi connectivity index (χ1) is 8.35. The minimum Gasteiger partial charge on any atom is -0.778 e.